The lowest BCUT2D eigenvalue weighted by molar-refractivity contribution is -0.137. The van der Waals surface area contributed by atoms with Crippen LogP contribution in [0.1, 0.15) is 17.5 Å². The van der Waals surface area contributed by atoms with E-state index in [0.29, 0.717) is 24.9 Å². The van der Waals surface area contributed by atoms with Gasteiger partial charge in [0.25, 0.3) is 0 Å². The van der Waals surface area contributed by atoms with E-state index in [2.05, 4.69) is 0 Å². The van der Waals surface area contributed by atoms with Crippen LogP contribution in [-0.2, 0) is 12.6 Å². The van der Waals surface area contributed by atoms with E-state index < -0.39 is 11.7 Å². The van der Waals surface area contributed by atoms with Crippen LogP contribution in [0.3, 0.4) is 0 Å². The fraction of sp³-hybridized carbons (Fsp3) is 0.400. The molecule has 0 saturated carbocycles. The first-order chi connectivity index (χ1) is 6.93. The summed E-state index contributed by atoms with van der Waals surface area (Å²) in [4.78, 5) is 0. The standard InChI is InChI=1S/C10H11ClF3N/c11-9-5-7(2-1-3-15)4-8(6-9)10(12,13)14/h4-6H,1-3,15H2. The molecule has 0 amide bonds. The number of nitrogens with two attached hydrogens (primary N) is 1. The van der Waals surface area contributed by atoms with E-state index in [1.807, 2.05) is 0 Å². The van der Waals surface area contributed by atoms with Crippen LogP contribution in [0.5, 0.6) is 0 Å². The zero-order valence-corrected chi connectivity index (χ0v) is 8.70. The minimum Gasteiger partial charge on any atom is -0.330 e. The smallest absolute Gasteiger partial charge is 0.330 e. The molecular weight excluding hydrogens is 227 g/mol. The van der Waals surface area contributed by atoms with Crippen molar-refractivity contribution in [1.82, 2.24) is 0 Å². The molecule has 0 atom stereocenters. The van der Waals surface area contributed by atoms with Crippen LogP contribution in [-0.4, -0.2) is 6.54 Å². The third-order valence-corrected chi connectivity index (χ3v) is 2.17. The van der Waals surface area contributed by atoms with Crippen LogP contribution in [0.25, 0.3) is 0 Å². The Bertz CT molecular complexity index is 336. The second-order valence-corrected chi connectivity index (χ2v) is 3.67. The zero-order chi connectivity index (χ0) is 11.5. The molecule has 1 nitrogen and oxygen atoms in total. The molecule has 0 aliphatic carbocycles. The molecule has 15 heavy (non-hydrogen) atoms. The third-order valence-electron chi connectivity index (χ3n) is 1.95. The maximum Gasteiger partial charge on any atom is 0.416 e. The van der Waals surface area contributed by atoms with Crippen molar-refractivity contribution in [3.63, 3.8) is 0 Å². The highest BCUT2D eigenvalue weighted by atomic mass is 35.5. The maximum absolute atomic E-state index is 12.4. The van der Waals surface area contributed by atoms with Gasteiger partial charge in [-0.25, -0.2) is 0 Å². The Balaban J connectivity index is 2.95. The van der Waals surface area contributed by atoms with Crippen LogP contribution >= 0.6 is 11.6 Å². The fourth-order valence-corrected chi connectivity index (χ4v) is 1.52. The van der Waals surface area contributed by atoms with Crippen LogP contribution < -0.4 is 5.73 Å². The number of benzene rings is 1. The second kappa shape index (κ2) is 4.86. The van der Waals surface area contributed by atoms with E-state index in [1.165, 1.54) is 6.07 Å². The Morgan fingerprint density at radius 3 is 2.40 bits per heavy atom. The molecule has 1 aromatic carbocycles. The van der Waals surface area contributed by atoms with E-state index in [4.69, 9.17) is 17.3 Å². The largest absolute Gasteiger partial charge is 0.416 e. The number of alkyl halides is 3. The van der Waals surface area contributed by atoms with Gasteiger partial charge in [0.15, 0.2) is 0 Å². The summed E-state index contributed by atoms with van der Waals surface area (Å²) < 4.78 is 37.2. The molecule has 1 aromatic rings. The molecule has 2 N–H and O–H groups in total. The number of aryl methyl sites for hydroxylation is 1. The molecule has 1 rings (SSSR count). The van der Waals surface area contributed by atoms with Gasteiger partial charge in [0.1, 0.15) is 0 Å². The van der Waals surface area contributed by atoms with E-state index in [-0.39, 0.29) is 5.02 Å². The van der Waals surface area contributed by atoms with Crippen LogP contribution in [0.2, 0.25) is 5.02 Å². The fourth-order valence-electron chi connectivity index (χ4n) is 1.26. The molecule has 0 spiro atoms. The summed E-state index contributed by atoms with van der Waals surface area (Å²) >= 11 is 5.60. The minimum atomic E-state index is -4.34. The van der Waals surface area contributed by atoms with Crippen molar-refractivity contribution in [2.75, 3.05) is 6.54 Å². The lowest BCUT2D eigenvalue weighted by Gasteiger charge is -2.09. The summed E-state index contributed by atoms with van der Waals surface area (Å²) in [5.74, 6) is 0. The summed E-state index contributed by atoms with van der Waals surface area (Å²) in [5, 5.41) is 0.108. The summed E-state index contributed by atoms with van der Waals surface area (Å²) in [6.07, 6.45) is -3.18. The van der Waals surface area contributed by atoms with Gasteiger partial charge in [0.2, 0.25) is 0 Å². The highest BCUT2D eigenvalue weighted by Crippen LogP contribution is 2.32. The number of hydrogen-bond acceptors (Lipinski definition) is 1. The highest BCUT2D eigenvalue weighted by molar-refractivity contribution is 6.30. The quantitative estimate of drug-likeness (QED) is 0.858. The van der Waals surface area contributed by atoms with Crippen molar-refractivity contribution >= 4 is 11.6 Å². The molecule has 0 radical (unpaired) electrons. The topological polar surface area (TPSA) is 26.0 Å². The number of rotatable bonds is 3. The summed E-state index contributed by atoms with van der Waals surface area (Å²) in [5.41, 5.74) is 5.15. The molecule has 0 aliphatic rings. The second-order valence-electron chi connectivity index (χ2n) is 3.24. The molecule has 84 valence electrons. The summed E-state index contributed by atoms with van der Waals surface area (Å²) in [6, 6.07) is 3.57. The Kier molecular flexibility index (Phi) is 3.99. The maximum atomic E-state index is 12.4. The van der Waals surface area contributed by atoms with Gasteiger partial charge >= 0.3 is 6.18 Å². The van der Waals surface area contributed by atoms with Crippen LogP contribution in [0.15, 0.2) is 18.2 Å². The van der Waals surface area contributed by atoms with Crippen molar-refractivity contribution in [3.8, 4) is 0 Å². The van der Waals surface area contributed by atoms with Gasteiger partial charge in [-0.15, -0.1) is 0 Å². The van der Waals surface area contributed by atoms with E-state index in [0.717, 1.165) is 12.1 Å². The first-order valence-corrected chi connectivity index (χ1v) is 4.88. The molecule has 0 heterocycles. The average molecular weight is 238 g/mol. The van der Waals surface area contributed by atoms with Crippen LogP contribution in [0, 0.1) is 0 Å². The van der Waals surface area contributed by atoms with Crippen LogP contribution in [0.4, 0.5) is 13.2 Å². The molecule has 0 fully saturated rings. The van der Waals surface area contributed by atoms with Gasteiger partial charge in [-0.1, -0.05) is 11.6 Å². The van der Waals surface area contributed by atoms with E-state index in [9.17, 15) is 13.2 Å². The minimum absolute atomic E-state index is 0.108. The normalized spacial score (nSPS) is 11.8. The van der Waals surface area contributed by atoms with Gasteiger partial charge < -0.3 is 5.73 Å². The van der Waals surface area contributed by atoms with E-state index in [1.54, 1.807) is 0 Å². The first-order valence-electron chi connectivity index (χ1n) is 4.50. The summed E-state index contributed by atoms with van der Waals surface area (Å²) in [6.45, 7) is 0.452. The van der Waals surface area contributed by atoms with Gasteiger partial charge in [0, 0.05) is 5.02 Å². The van der Waals surface area contributed by atoms with Crippen molar-refractivity contribution in [2.45, 2.75) is 19.0 Å². The third kappa shape index (κ3) is 3.72. The predicted octanol–water partition coefficient (Wildman–Crippen LogP) is 3.25. The Hall–Kier alpha value is -0.740. The molecule has 0 aliphatic heterocycles. The monoisotopic (exact) mass is 237 g/mol. The first kappa shape index (κ1) is 12.3. The van der Waals surface area contributed by atoms with E-state index >= 15 is 0 Å². The SMILES string of the molecule is NCCCc1cc(Cl)cc(C(F)(F)F)c1. The van der Waals surface area contributed by atoms with Crippen molar-refractivity contribution in [3.05, 3.63) is 34.3 Å². The molecule has 0 saturated heterocycles. The van der Waals surface area contributed by atoms with Gasteiger partial charge in [0.05, 0.1) is 5.56 Å². The Morgan fingerprint density at radius 2 is 1.87 bits per heavy atom. The zero-order valence-electron chi connectivity index (χ0n) is 7.94. The number of hydrogen-bond donors (Lipinski definition) is 1. The Labute approximate surface area is 91.0 Å². The average Bonchev–Trinajstić information content (AvgIpc) is 2.12. The molecular formula is C10H11ClF3N. The van der Waals surface area contributed by atoms with Crippen molar-refractivity contribution in [2.24, 2.45) is 5.73 Å². The lowest BCUT2D eigenvalue weighted by Crippen LogP contribution is -2.06. The summed E-state index contributed by atoms with van der Waals surface area (Å²) in [7, 11) is 0. The Morgan fingerprint density at radius 1 is 1.20 bits per heavy atom. The molecule has 0 aromatic heterocycles. The van der Waals surface area contributed by atoms with Gasteiger partial charge in [-0.2, -0.15) is 13.2 Å². The van der Waals surface area contributed by atoms with Crippen molar-refractivity contribution < 1.29 is 13.2 Å². The van der Waals surface area contributed by atoms with Gasteiger partial charge in [-0.05, 0) is 43.1 Å². The molecule has 0 unspecified atom stereocenters. The molecule has 5 heteroatoms. The highest BCUT2D eigenvalue weighted by Gasteiger charge is 2.30. The van der Waals surface area contributed by atoms with Crippen molar-refractivity contribution in [1.29, 1.82) is 0 Å². The number of halogens is 4. The predicted molar refractivity (Wildman–Crippen MR) is 53.8 cm³/mol. The molecule has 0 bridgehead atoms. The van der Waals surface area contributed by atoms with Gasteiger partial charge in [-0.3, -0.25) is 0 Å². The lowest BCUT2D eigenvalue weighted by atomic mass is 10.1.